The zero-order valence-electron chi connectivity index (χ0n) is 26.7. The molecule has 4 aliphatic rings. The van der Waals surface area contributed by atoms with Crippen LogP contribution in [0.5, 0.6) is 11.6 Å². The van der Waals surface area contributed by atoms with Crippen molar-refractivity contribution in [3.05, 3.63) is 81.8 Å². The molecule has 0 aliphatic carbocycles. The molecule has 3 atom stereocenters. The maximum Gasteiger partial charge on any atom is 0.251 e. The quantitative estimate of drug-likeness (QED) is 0.267. The maximum atomic E-state index is 17.0. The van der Waals surface area contributed by atoms with Gasteiger partial charge in [0.1, 0.15) is 23.6 Å². The topological polar surface area (TPSA) is 86.4 Å². The normalized spacial score (nSPS) is 22.6. The lowest BCUT2D eigenvalue weighted by Gasteiger charge is -2.23. The standard InChI is InChI=1S/C37H39FN6O3/c1-42-16-4-9-25(42)21-47-37-27-18-30(29-13-12-23-8-3-11-31(45)43(23)29)44(24-14-15-39-19-24)35(27)28-20-40-33(32(38)34(28)41-37)26-10-2-6-22-7-5-17-46-36(22)26/h2-3,6,8,10-11,18,20,24-25,29,39H,4-5,7,9,12-17,19,21H2,1H3. The van der Waals surface area contributed by atoms with E-state index in [2.05, 4.69) is 27.9 Å². The number of aromatic nitrogens is 4. The molecule has 0 bridgehead atoms. The number of fused-ring (bicyclic) bond motifs is 5. The minimum Gasteiger partial charge on any atom is -0.493 e. The van der Waals surface area contributed by atoms with Crippen molar-refractivity contribution in [2.45, 2.75) is 63.1 Å². The molecule has 2 saturated heterocycles. The zero-order valence-corrected chi connectivity index (χ0v) is 26.7. The Bertz CT molecular complexity index is 2080. The van der Waals surface area contributed by atoms with E-state index in [9.17, 15) is 4.79 Å². The van der Waals surface area contributed by atoms with Crippen molar-refractivity contribution < 1.29 is 13.9 Å². The van der Waals surface area contributed by atoms with Crippen molar-refractivity contribution in [1.82, 2.24) is 29.3 Å². The Morgan fingerprint density at radius 2 is 1.98 bits per heavy atom. The average molecular weight is 635 g/mol. The number of benzene rings is 1. The summed E-state index contributed by atoms with van der Waals surface area (Å²) in [4.78, 5) is 25.3. The van der Waals surface area contributed by atoms with Crippen LogP contribution in [0.2, 0.25) is 0 Å². The summed E-state index contributed by atoms with van der Waals surface area (Å²) >= 11 is 0. The Balaban J connectivity index is 1.29. The Labute approximate surface area is 272 Å². The highest BCUT2D eigenvalue weighted by Crippen LogP contribution is 2.44. The number of halogens is 1. The first-order valence-corrected chi connectivity index (χ1v) is 17.1. The third kappa shape index (κ3) is 4.67. The number of rotatable bonds is 6. The summed E-state index contributed by atoms with van der Waals surface area (Å²) in [6, 6.07) is 13.8. The summed E-state index contributed by atoms with van der Waals surface area (Å²) in [5.41, 5.74) is 5.15. The van der Waals surface area contributed by atoms with Gasteiger partial charge in [-0.15, -0.1) is 0 Å². The van der Waals surface area contributed by atoms with E-state index in [1.165, 1.54) is 0 Å². The van der Waals surface area contributed by atoms with Gasteiger partial charge in [0.2, 0.25) is 5.88 Å². The molecule has 1 aromatic carbocycles. The molecule has 9 nitrogen and oxygen atoms in total. The van der Waals surface area contributed by atoms with E-state index in [4.69, 9.17) is 19.4 Å². The van der Waals surface area contributed by atoms with Crippen LogP contribution in [0, 0.1) is 5.82 Å². The molecule has 2 fully saturated rings. The van der Waals surface area contributed by atoms with E-state index in [1.807, 2.05) is 34.9 Å². The van der Waals surface area contributed by atoms with Gasteiger partial charge in [-0.1, -0.05) is 18.2 Å². The smallest absolute Gasteiger partial charge is 0.251 e. The first kappa shape index (κ1) is 28.9. The maximum absolute atomic E-state index is 17.0. The SMILES string of the molecule is CN1CCCC1COc1nc2c(F)c(-c3cccc4c3OCCC4)ncc2c2c1cc(C1CCc3cccc(=O)n31)n2C1CCNC1. The van der Waals surface area contributed by atoms with Gasteiger partial charge in [-0.05, 0) is 88.8 Å². The average Bonchev–Trinajstić information content (AvgIpc) is 3.90. The molecule has 1 N–H and O–H groups in total. The van der Waals surface area contributed by atoms with Crippen molar-refractivity contribution in [2.24, 2.45) is 0 Å². The number of hydrogen-bond acceptors (Lipinski definition) is 7. The summed E-state index contributed by atoms with van der Waals surface area (Å²) in [6.45, 7) is 3.79. The number of pyridine rings is 3. The summed E-state index contributed by atoms with van der Waals surface area (Å²) < 4.78 is 33.9. The lowest BCUT2D eigenvalue weighted by atomic mass is 9.99. The summed E-state index contributed by atoms with van der Waals surface area (Å²) in [5, 5.41) is 5.02. The summed E-state index contributed by atoms with van der Waals surface area (Å²) in [5.74, 6) is 0.662. The number of likely N-dealkylation sites (tertiary alicyclic amines) is 1. The number of aryl methyl sites for hydroxylation is 2. The highest BCUT2D eigenvalue weighted by Gasteiger charge is 2.34. The van der Waals surface area contributed by atoms with Crippen molar-refractivity contribution >= 4 is 21.8 Å². The summed E-state index contributed by atoms with van der Waals surface area (Å²) in [7, 11) is 2.13. The third-order valence-corrected chi connectivity index (χ3v) is 10.8. The van der Waals surface area contributed by atoms with Crippen LogP contribution in [0.15, 0.2) is 53.5 Å². The molecule has 4 aromatic heterocycles. The third-order valence-electron chi connectivity index (χ3n) is 10.8. The molecule has 9 rings (SSSR count). The van der Waals surface area contributed by atoms with E-state index < -0.39 is 5.82 Å². The molecule has 0 radical (unpaired) electrons. The van der Waals surface area contributed by atoms with Crippen LogP contribution >= 0.6 is 0 Å². The first-order valence-electron chi connectivity index (χ1n) is 17.1. The monoisotopic (exact) mass is 634 g/mol. The van der Waals surface area contributed by atoms with E-state index in [0.29, 0.717) is 35.8 Å². The highest BCUT2D eigenvalue weighted by molar-refractivity contribution is 6.07. The van der Waals surface area contributed by atoms with E-state index in [-0.39, 0.29) is 34.9 Å². The number of nitrogens with zero attached hydrogens (tertiary/aromatic N) is 5. The van der Waals surface area contributed by atoms with Gasteiger partial charge in [-0.2, -0.15) is 0 Å². The Kier molecular flexibility index (Phi) is 7.04. The number of para-hydroxylation sites is 1. The molecule has 0 spiro atoms. The molecular formula is C37H39FN6O3. The fourth-order valence-electron chi connectivity index (χ4n) is 8.45. The van der Waals surface area contributed by atoms with Gasteiger partial charge in [-0.25, -0.2) is 9.37 Å². The molecule has 242 valence electrons. The number of nitrogens with one attached hydrogen (secondary N) is 1. The van der Waals surface area contributed by atoms with E-state index in [0.717, 1.165) is 92.4 Å². The van der Waals surface area contributed by atoms with Gasteiger partial charge in [0.25, 0.3) is 5.56 Å². The lowest BCUT2D eigenvalue weighted by molar-refractivity contribution is 0.195. The van der Waals surface area contributed by atoms with Gasteiger partial charge in [-0.3, -0.25) is 9.78 Å². The molecule has 47 heavy (non-hydrogen) atoms. The molecule has 8 heterocycles. The molecule has 4 aliphatic heterocycles. The van der Waals surface area contributed by atoms with Crippen LogP contribution in [-0.4, -0.2) is 69.9 Å². The molecule has 0 amide bonds. The fraction of sp³-hybridized carbons (Fsp3) is 0.432. The van der Waals surface area contributed by atoms with Gasteiger partial charge in [0, 0.05) is 53.2 Å². The molecule has 0 saturated carbocycles. The predicted octanol–water partition coefficient (Wildman–Crippen LogP) is 5.42. The molecule has 10 heteroatoms. The highest BCUT2D eigenvalue weighted by atomic mass is 19.1. The van der Waals surface area contributed by atoms with Gasteiger partial charge < -0.3 is 28.8 Å². The second-order valence-electron chi connectivity index (χ2n) is 13.6. The minimum atomic E-state index is -0.476. The van der Waals surface area contributed by atoms with Crippen molar-refractivity contribution in [3.8, 4) is 22.9 Å². The van der Waals surface area contributed by atoms with Crippen LogP contribution in [0.4, 0.5) is 4.39 Å². The van der Waals surface area contributed by atoms with Crippen molar-refractivity contribution in [2.75, 3.05) is 39.9 Å². The van der Waals surface area contributed by atoms with E-state index in [1.54, 1.807) is 12.3 Å². The van der Waals surface area contributed by atoms with Crippen LogP contribution in [0.3, 0.4) is 0 Å². The number of likely N-dealkylation sites (N-methyl/N-ethyl adjacent to an activating group) is 1. The second kappa shape index (κ2) is 11.5. The van der Waals surface area contributed by atoms with Gasteiger partial charge >= 0.3 is 0 Å². The largest absolute Gasteiger partial charge is 0.493 e. The number of hydrogen-bond donors (Lipinski definition) is 1. The van der Waals surface area contributed by atoms with Crippen LogP contribution in [0.1, 0.15) is 61.1 Å². The van der Waals surface area contributed by atoms with E-state index >= 15 is 4.39 Å². The van der Waals surface area contributed by atoms with Crippen LogP contribution in [0.25, 0.3) is 33.1 Å². The minimum absolute atomic E-state index is 0.000783. The van der Waals surface area contributed by atoms with Gasteiger partial charge in [0.15, 0.2) is 5.82 Å². The molecule has 3 unspecified atom stereocenters. The van der Waals surface area contributed by atoms with Crippen LogP contribution < -0.4 is 20.3 Å². The Morgan fingerprint density at radius 3 is 2.83 bits per heavy atom. The Hall–Kier alpha value is -4.28. The molecular weight excluding hydrogens is 595 g/mol. The van der Waals surface area contributed by atoms with Crippen LogP contribution in [-0.2, 0) is 12.8 Å². The fourth-order valence-corrected chi connectivity index (χ4v) is 8.45. The predicted molar refractivity (Wildman–Crippen MR) is 179 cm³/mol. The van der Waals surface area contributed by atoms with Crippen molar-refractivity contribution in [3.63, 3.8) is 0 Å². The van der Waals surface area contributed by atoms with Gasteiger partial charge in [0.05, 0.1) is 23.6 Å². The second-order valence-corrected chi connectivity index (χ2v) is 13.6. The Morgan fingerprint density at radius 1 is 1.06 bits per heavy atom. The summed E-state index contributed by atoms with van der Waals surface area (Å²) in [6.07, 6.45) is 8.35. The zero-order chi connectivity index (χ0) is 31.6. The molecule has 5 aromatic rings. The number of ether oxygens (including phenoxy) is 2. The lowest BCUT2D eigenvalue weighted by Crippen LogP contribution is -2.30. The first-order chi connectivity index (χ1) is 23.1. The van der Waals surface area contributed by atoms with Crippen molar-refractivity contribution in [1.29, 1.82) is 0 Å².